The van der Waals surface area contributed by atoms with Crippen molar-refractivity contribution in [1.82, 2.24) is 0 Å². The molecule has 88 valence electrons. The number of hydrogen-bond acceptors (Lipinski definition) is 1. The van der Waals surface area contributed by atoms with Gasteiger partial charge >= 0.3 is 0 Å². The smallest absolute Gasteiger partial charge is 0.193 e. The number of unbranched alkanes of at least 4 members (excludes halogenated alkanes) is 1. The van der Waals surface area contributed by atoms with E-state index in [1.54, 1.807) is 0 Å². The van der Waals surface area contributed by atoms with Crippen molar-refractivity contribution in [3.8, 4) is 12.3 Å². The van der Waals surface area contributed by atoms with E-state index in [4.69, 9.17) is 10.8 Å². The van der Waals surface area contributed by atoms with E-state index in [-0.39, 0.29) is 11.1 Å². The molecule has 0 N–H and O–H groups in total. The normalized spacial score (nSPS) is 14.7. The highest BCUT2D eigenvalue weighted by molar-refractivity contribution is 6.74. The molecule has 0 heterocycles. The minimum Gasteiger partial charge on any atom is -0.403 e. The maximum atomic E-state index is 6.16. The van der Waals surface area contributed by atoms with Crippen LogP contribution in [0.5, 0.6) is 0 Å². The minimum atomic E-state index is -1.68. The molecule has 15 heavy (non-hydrogen) atoms. The maximum absolute atomic E-state index is 6.16. The van der Waals surface area contributed by atoms with Gasteiger partial charge in [-0.2, -0.15) is 0 Å². The Bertz CT molecular complexity index is 220. The van der Waals surface area contributed by atoms with Crippen LogP contribution in [0.25, 0.3) is 0 Å². The molecular weight excluding hydrogens is 200 g/mol. The van der Waals surface area contributed by atoms with Crippen LogP contribution >= 0.6 is 0 Å². The SMILES string of the molecule is C#CC(CCCC)O[Si](C)(C)C(C)(C)C. The molecule has 0 aliphatic carbocycles. The summed E-state index contributed by atoms with van der Waals surface area (Å²) in [5.41, 5.74) is 0. The fourth-order valence-electron chi connectivity index (χ4n) is 1.10. The van der Waals surface area contributed by atoms with Crippen LogP contribution in [0.4, 0.5) is 0 Å². The lowest BCUT2D eigenvalue weighted by Gasteiger charge is -2.38. The lowest BCUT2D eigenvalue weighted by atomic mass is 10.2. The van der Waals surface area contributed by atoms with Crippen LogP contribution < -0.4 is 0 Å². The molecule has 1 atom stereocenters. The van der Waals surface area contributed by atoms with Crippen LogP contribution in [-0.4, -0.2) is 14.4 Å². The maximum Gasteiger partial charge on any atom is 0.193 e. The number of hydrogen-bond donors (Lipinski definition) is 0. The summed E-state index contributed by atoms with van der Waals surface area (Å²) >= 11 is 0. The van der Waals surface area contributed by atoms with Crippen molar-refractivity contribution in [2.45, 2.75) is 71.2 Å². The van der Waals surface area contributed by atoms with Crippen molar-refractivity contribution in [3.05, 3.63) is 0 Å². The molecule has 0 radical (unpaired) electrons. The summed E-state index contributed by atoms with van der Waals surface area (Å²) in [4.78, 5) is 0. The zero-order valence-electron chi connectivity index (χ0n) is 11.2. The Morgan fingerprint density at radius 3 is 2.20 bits per heavy atom. The van der Waals surface area contributed by atoms with Crippen LogP contribution in [0.15, 0.2) is 0 Å². The predicted octanol–water partition coefficient (Wildman–Crippen LogP) is 4.20. The van der Waals surface area contributed by atoms with Gasteiger partial charge in [0, 0.05) is 0 Å². The molecule has 0 amide bonds. The van der Waals surface area contributed by atoms with Crippen LogP contribution in [0.1, 0.15) is 47.0 Å². The zero-order chi connectivity index (χ0) is 12.1. The van der Waals surface area contributed by atoms with Gasteiger partial charge in [0.1, 0.15) is 6.10 Å². The lowest BCUT2D eigenvalue weighted by Crippen LogP contribution is -2.43. The molecule has 0 spiro atoms. The second kappa shape index (κ2) is 5.72. The minimum absolute atomic E-state index is 0.0193. The van der Waals surface area contributed by atoms with Gasteiger partial charge in [-0.1, -0.05) is 46.5 Å². The summed E-state index contributed by atoms with van der Waals surface area (Å²) in [5.74, 6) is 2.78. The van der Waals surface area contributed by atoms with Crippen LogP contribution in [0.2, 0.25) is 18.1 Å². The molecule has 1 nitrogen and oxygen atoms in total. The highest BCUT2D eigenvalue weighted by atomic mass is 28.4. The van der Waals surface area contributed by atoms with E-state index in [0.717, 1.165) is 12.8 Å². The molecular formula is C13H26OSi. The average molecular weight is 226 g/mol. The second-order valence-corrected chi connectivity index (χ2v) is 10.4. The quantitative estimate of drug-likeness (QED) is 0.504. The van der Waals surface area contributed by atoms with E-state index in [1.807, 2.05) is 0 Å². The highest BCUT2D eigenvalue weighted by Gasteiger charge is 2.38. The molecule has 0 rings (SSSR count). The second-order valence-electron chi connectivity index (χ2n) is 5.68. The Morgan fingerprint density at radius 1 is 1.33 bits per heavy atom. The summed E-state index contributed by atoms with van der Waals surface area (Å²) in [6, 6.07) is 0. The van der Waals surface area contributed by atoms with E-state index < -0.39 is 8.32 Å². The predicted molar refractivity (Wildman–Crippen MR) is 70.4 cm³/mol. The van der Waals surface area contributed by atoms with Crippen LogP contribution in [-0.2, 0) is 4.43 Å². The van der Waals surface area contributed by atoms with Crippen LogP contribution in [0.3, 0.4) is 0 Å². The van der Waals surface area contributed by atoms with E-state index in [1.165, 1.54) is 6.42 Å². The molecule has 2 heteroatoms. The first kappa shape index (κ1) is 14.7. The van der Waals surface area contributed by atoms with Gasteiger partial charge < -0.3 is 4.43 Å². The van der Waals surface area contributed by atoms with Crippen molar-refractivity contribution in [2.24, 2.45) is 0 Å². The Labute approximate surface area is 96.7 Å². The molecule has 0 aromatic rings. The third-order valence-electron chi connectivity index (χ3n) is 3.25. The molecule has 1 unspecified atom stereocenters. The first-order valence-corrected chi connectivity index (χ1v) is 8.79. The molecule has 0 aliphatic heterocycles. The fourth-order valence-corrected chi connectivity index (χ4v) is 2.35. The number of rotatable bonds is 5. The van der Waals surface area contributed by atoms with Gasteiger partial charge in [0.2, 0.25) is 0 Å². The van der Waals surface area contributed by atoms with Gasteiger partial charge in [-0.25, -0.2) is 0 Å². The molecule has 0 aliphatic rings. The third kappa shape index (κ3) is 4.86. The van der Waals surface area contributed by atoms with Gasteiger partial charge in [0.05, 0.1) is 0 Å². The van der Waals surface area contributed by atoms with Crippen LogP contribution in [0, 0.1) is 12.3 Å². The highest BCUT2D eigenvalue weighted by Crippen LogP contribution is 2.37. The largest absolute Gasteiger partial charge is 0.403 e. The Morgan fingerprint density at radius 2 is 1.87 bits per heavy atom. The standard InChI is InChI=1S/C13H26OSi/c1-8-10-11-12(9-2)14-15(6,7)13(3,4)5/h2,12H,8,10-11H2,1,3-7H3. The van der Waals surface area contributed by atoms with Crippen molar-refractivity contribution in [2.75, 3.05) is 0 Å². The summed E-state index contributed by atoms with van der Waals surface area (Å²) in [6.45, 7) is 13.4. The number of terminal acetylenes is 1. The Balaban J connectivity index is 4.36. The third-order valence-corrected chi connectivity index (χ3v) is 7.73. The molecule has 0 aromatic heterocycles. The van der Waals surface area contributed by atoms with E-state index in [0.29, 0.717) is 0 Å². The molecule has 0 fully saturated rings. The monoisotopic (exact) mass is 226 g/mol. The van der Waals surface area contributed by atoms with E-state index >= 15 is 0 Å². The van der Waals surface area contributed by atoms with Crippen molar-refractivity contribution in [3.63, 3.8) is 0 Å². The molecule has 0 saturated heterocycles. The van der Waals surface area contributed by atoms with Gasteiger partial charge in [0.15, 0.2) is 8.32 Å². The zero-order valence-corrected chi connectivity index (χ0v) is 12.2. The van der Waals surface area contributed by atoms with Crippen molar-refractivity contribution in [1.29, 1.82) is 0 Å². The Hall–Kier alpha value is -0.263. The van der Waals surface area contributed by atoms with Crippen molar-refractivity contribution < 1.29 is 4.43 Å². The summed E-state index contributed by atoms with van der Waals surface area (Å²) < 4.78 is 6.16. The van der Waals surface area contributed by atoms with Gasteiger partial charge in [-0.05, 0) is 24.6 Å². The molecule has 0 bridgehead atoms. The molecule has 0 aromatic carbocycles. The van der Waals surface area contributed by atoms with E-state index in [9.17, 15) is 0 Å². The van der Waals surface area contributed by atoms with Crippen molar-refractivity contribution >= 4 is 8.32 Å². The first-order valence-electron chi connectivity index (χ1n) is 5.88. The van der Waals surface area contributed by atoms with Gasteiger partial charge in [-0.15, -0.1) is 6.42 Å². The summed E-state index contributed by atoms with van der Waals surface area (Å²) in [5, 5.41) is 0.244. The molecule has 0 saturated carbocycles. The summed E-state index contributed by atoms with van der Waals surface area (Å²) in [6.07, 6.45) is 8.87. The van der Waals surface area contributed by atoms with Gasteiger partial charge in [0.25, 0.3) is 0 Å². The van der Waals surface area contributed by atoms with E-state index in [2.05, 4.69) is 46.7 Å². The topological polar surface area (TPSA) is 9.23 Å². The lowest BCUT2D eigenvalue weighted by molar-refractivity contribution is 0.220. The average Bonchev–Trinajstić information content (AvgIpc) is 2.10. The fraction of sp³-hybridized carbons (Fsp3) is 0.846. The first-order chi connectivity index (χ1) is 6.74. The Kier molecular flexibility index (Phi) is 5.62. The summed E-state index contributed by atoms with van der Waals surface area (Å²) in [7, 11) is -1.68. The van der Waals surface area contributed by atoms with Gasteiger partial charge in [-0.3, -0.25) is 0 Å².